The van der Waals surface area contributed by atoms with E-state index in [9.17, 15) is 5.11 Å². The molecule has 0 aromatic carbocycles. The normalized spacial score (nSPS) is 12.2. The van der Waals surface area contributed by atoms with Crippen LogP contribution in [0.15, 0.2) is 0 Å². The SMILES string of the molecule is N#CCCC(CCC#N)(CCC#N)COCC(O)CO. The van der Waals surface area contributed by atoms with Crippen LogP contribution in [-0.2, 0) is 4.74 Å². The van der Waals surface area contributed by atoms with Gasteiger partial charge in [0.25, 0.3) is 0 Å². The molecule has 0 aliphatic heterocycles. The Morgan fingerprint density at radius 1 is 0.950 bits per heavy atom. The summed E-state index contributed by atoms with van der Waals surface area (Å²) >= 11 is 0. The Morgan fingerprint density at radius 3 is 1.75 bits per heavy atom. The van der Waals surface area contributed by atoms with E-state index in [0.717, 1.165) is 0 Å². The number of hydrogen-bond donors (Lipinski definition) is 2. The molecule has 6 nitrogen and oxygen atoms in total. The van der Waals surface area contributed by atoms with E-state index in [1.807, 2.05) is 0 Å². The van der Waals surface area contributed by atoms with Crippen LogP contribution in [0, 0.1) is 39.4 Å². The summed E-state index contributed by atoms with van der Waals surface area (Å²) in [7, 11) is 0. The maximum Gasteiger partial charge on any atom is 0.100 e. The van der Waals surface area contributed by atoms with E-state index in [4.69, 9.17) is 25.6 Å². The number of ether oxygens (including phenoxy) is 1. The lowest BCUT2D eigenvalue weighted by Crippen LogP contribution is -2.30. The van der Waals surface area contributed by atoms with Crippen LogP contribution in [0.3, 0.4) is 0 Å². The summed E-state index contributed by atoms with van der Waals surface area (Å²) in [6.45, 7) is -0.0966. The molecule has 0 aliphatic carbocycles. The van der Waals surface area contributed by atoms with Gasteiger partial charge < -0.3 is 14.9 Å². The van der Waals surface area contributed by atoms with Crippen molar-refractivity contribution in [3.63, 3.8) is 0 Å². The Bertz CT molecular complexity index is 333. The summed E-state index contributed by atoms with van der Waals surface area (Å²) in [5.41, 5.74) is -0.392. The van der Waals surface area contributed by atoms with Crippen molar-refractivity contribution < 1.29 is 14.9 Å². The van der Waals surface area contributed by atoms with E-state index in [-0.39, 0.29) is 19.8 Å². The van der Waals surface area contributed by atoms with Crippen molar-refractivity contribution in [1.82, 2.24) is 0 Å². The summed E-state index contributed by atoms with van der Waals surface area (Å²) in [5, 5.41) is 44.2. The van der Waals surface area contributed by atoms with Crippen LogP contribution < -0.4 is 0 Å². The Balaban J connectivity index is 4.64. The predicted molar refractivity (Wildman–Crippen MR) is 70.9 cm³/mol. The molecule has 0 aromatic heterocycles. The molecular formula is C14H21N3O3. The zero-order chi connectivity index (χ0) is 15.3. The second-order valence-corrected chi connectivity index (χ2v) is 4.83. The van der Waals surface area contributed by atoms with Gasteiger partial charge in [0, 0.05) is 19.3 Å². The zero-order valence-electron chi connectivity index (χ0n) is 11.6. The molecule has 110 valence electrons. The Morgan fingerprint density at radius 2 is 1.40 bits per heavy atom. The molecule has 6 heteroatoms. The molecule has 0 aromatic rings. The molecule has 0 saturated heterocycles. The molecule has 1 unspecified atom stereocenters. The highest BCUT2D eigenvalue weighted by molar-refractivity contribution is 4.89. The largest absolute Gasteiger partial charge is 0.394 e. The van der Waals surface area contributed by atoms with Crippen molar-refractivity contribution in [1.29, 1.82) is 15.8 Å². The molecule has 0 fully saturated rings. The van der Waals surface area contributed by atoms with Crippen molar-refractivity contribution in [3.8, 4) is 18.2 Å². The molecule has 0 radical (unpaired) electrons. The summed E-state index contributed by atoms with van der Waals surface area (Å²) < 4.78 is 5.40. The number of aliphatic hydroxyl groups is 2. The number of nitriles is 3. The Kier molecular flexibility index (Phi) is 10.3. The molecule has 0 amide bonds. The van der Waals surface area contributed by atoms with Crippen LogP contribution in [0.2, 0.25) is 0 Å². The lowest BCUT2D eigenvalue weighted by atomic mass is 9.76. The van der Waals surface area contributed by atoms with Gasteiger partial charge in [0.05, 0.1) is 38.0 Å². The smallest absolute Gasteiger partial charge is 0.100 e. The van der Waals surface area contributed by atoms with Gasteiger partial charge in [-0.3, -0.25) is 0 Å². The fourth-order valence-electron chi connectivity index (χ4n) is 2.02. The van der Waals surface area contributed by atoms with E-state index >= 15 is 0 Å². The first-order valence-corrected chi connectivity index (χ1v) is 6.61. The molecule has 0 rings (SSSR count). The van der Waals surface area contributed by atoms with Gasteiger partial charge in [0.2, 0.25) is 0 Å². The molecule has 0 aliphatic rings. The van der Waals surface area contributed by atoms with Crippen LogP contribution in [0.4, 0.5) is 0 Å². The predicted octanol–water partition coefficient (Wildman–Crippen LogP) is 1.25. The Labute approximate surface area is 119 Å². The van der Waals surface area contributed by atoms with E-state index in [2.05, 4.69) is 18.2 Å². The van der Waals surface area contributed by atoms with Gasteiger partial charge in [-0.25, -0.2) is 0 Å². The van der Waals surface area contributed by atoms with Gasteiger partial charge in [0.15, 0.2) is 0 Å². The number of aliphatic hydroxyl groups excluding tert-OH is 2. The fourth-order valence-corrected chi connectivity index (χ4v) is 2.02. The first-order valence-electron chi connectivity index (χ1n) is 6.61. The second kappa shape index (κ2) is 11.2. The highest BCUT2D eigenvalue weighted by Gasteiger charge is 2.29. The van der Waals surface area contributed by atoms with Crippen molar-refractivity contribution >= 4 is 0 Å². The zero-order valence-corrected chi connectivity index (χ0v) is 11.6. The molecule has 0 bridgehead atoms. The van der Waals surface area contributed by atoms with Crippen molar-refractivity contribution in [2.45, 2.75) is 44.6 Å². The minimum Gasteiger partial charge on any atom is -0.394 e. The first-order chi connectivity index (χ1) is 9.64. The maximum absolute atomic E-state index is 9.25. The average molecular weight is 279 g/mol. The first kappa shape index (κ1) is 18.4. The minimum atomic E-state index is -0.935. The van der Waals surface area contributed by atoms with E-state index in [1.165, 1.54) is 0 Å². The van der Waals surface area contributed by atoms with Crippen LogP contribution in [-0.4, -0.2) is 36.1 Å². The summed E-state index contributed by atoms with van der Waals surface area (Å²) in [6.07, 6.45) is 1.75. The average Bonchev–Trinajstić information content (AvgIpc) is 2.48. The lowest BCUT2D eigenvalue weighted by Gasteiger charge is -2.32. The van der Waals surface area contributed by atoms with Crippen LogP contribution in [0.1, 0.15) is 38.5 Å². The standard InChI is InChI=1S/C14H21N3O3/c15-7-1-4-14(5-2-8-16,6-3-9-17)12-20-11-13(19)10-18/h13,18-19H,1-6,10-12H2. The second-order valence-electron chi connectivity index (χ2n) is 4.83. The van der Waals surface area contributed by atoms with Gasteiger partial charge in [-0.2, -0.15) is 15.8 Å². The van der Waals surface area contributed by atoms with Crippen molar-refractivity contribution in [2.24, 2.45) is 5.41 Å². The monoisotopic (exact) mass is 279 g/mol. The number of nitrogens with zero attached hydrogens (tertiary/aromatic N) is 3. The molecule has 1 atom stereocenters. The highest BCUT2D eigenvalue weighted by Crippen LogP contribution is 2.35. The molecule has 0 heterocycles. The third-order valence-corrected chi connectivity index (χ3v) is 3.23. The van der Waals surface area contributed by atoms with Crippen LogP contribution >= 0.6 is 0 Å². The van der Waals surface area contributed by atoms with Gasteiger partial charge in [-0.15, -0.1) is 0 Å². The van der Waals surface area contributed by atoms with Crippen LogP contribution in [0.25, 0.3) is 0 Å². The van der Waals surface area contributed by atoms with Crippen LogP contribution in [0.5, 0.6) is 0 Å². The lowest BCUT2D eigenvalue weighted by molar-refractivity contribution is -0.0317. The summed E-state index contributed by atoms with van der Waals surface area (Å²) in [4.78, 5) is 0. The van der Waals surface area contributed by atoms with Gasteiger partial charge in [0.1, 0.15) is 6.10 Å². The molecule has 20 heavy (non-hydrogen) atoms. The number of rotatable bonds is 11. The molecule has 0 spiro atoms. The van der Waals surface area contributed by atoms with Gasteiger partial charge in [-0.1, -0.05) is 0 Å². The van der Waals surface area contributed by atoms with Crippen molar-refractivity contribution in [2.75, 3.05) is 19.8 Å². The maximum atomic E-state index is 9.25. The Hall–Kier alpha value is -1.65. The molecule has 2 N–H and O–H groups in total. The van der Waals surface area contributed by atoms with Gasteiger partial charge >= 0.3 is 0 Å². The molecular weight excluding hydrogens is 258 g/mol. The quantitative estimate of drug-likeness (QED) is 0.587. The van der Waals surface area contributed by atoms with Gasteiger partial charge in [-0.05, 0) is 24.7 Å². The third kappa shape index (κ3) is 7.71. The summed E-state index contributed by atoms with van der Waals surface area (Å²) in [6, 6.07) is 6.23. The number of hydrogen-bond acceptors (Lipinski definition) is 6. The highest BCUT2D eigenvalue weighted by atomic mass is 16.5. The summed E-state index contributed by atoms with van der Waals surface area (Å²) in [5.74, 6) is 0. The van der Waals surface area contributed by atoms with E-state index in [0.29, 0.717) is 38.5 Å². The fraction of sp³-hybridized carbons (Fsp3) is 0.786. The minimum absolute atomic E-state index is 0.00388. The third-order valence-electron chi connectivity index (χ3n) is 3.23. The van der Waals surface area contributed by atoms with E-state index < -0.39 is 11.5 Å². The topological polar surface area (TPSA) is 121 Å². The molecule has 0 saturated carbocycles. The van der Waals surface area contributed by atoms with Crippen molar-refractivity contribution in [3.05, 3.63) is 0 Å². The van der Waals surface area contributed by atoms with E-state index in [1.54, 1.807) is 0 Å².